The van der Waals surface area contributed by atoms with E-state index in [4.69, 9.17) is 4.52 Å². The summed E-state index contributed by atoms with van der Waals surface area (Å²) in [6.07, 6.45) is 0. The van der Waals surface area contributed by atoms with E-state index in [1.54, 1.807) is 11.3 Å². The number of thiazole rings is 1. The molecule has 7 heteroatoms. The lowest BCUT2D eigenvalue weighted by molar-refractivity contribution is 0.0743. The van der Waals surface area contributed by atoms with Gasteiger partial charge in [0.25, 0.3) is 5.91 Å². The Kier molecular flexibility index (Phi) is 4.39. The standard InChI is InChI=1S/C16H22N4O2S/c1-10(2)14-13(12(4)18-22-14)15(21)19-5-7-20(8-6-19)16-17-11(3)9-23-16/h9-10H,5-8H2,1-4H3. The maximum atomic E-state index is 12.8. The van der Waals surface area contributed by atoms with Crippen molar-refractivity contribution in [1.82, 2.24) is 15.0 Å². The van der Waals surface area contributed by atoms with Gasteiger partial charge in [-0.15, -0.1) is 11.3 Å². The lowest BCUT2D eigenvalue weighted by atomic mass is 10.0. The number of rotatable bonds is 3. The van der Waals surface area contributed by atoms with E-state index in [2.05, 4.69) is 20.4 Å². The van der Waals surface area contributed by atoms with Gasteiger partial charge in [-0.1, -0.05) is 19.0 Å². The van der Waals surface area contributed by atoms with Crippen LogP contribution in [0.2, 0.25) is 0 Å². The largest absolute Gasteiger partial charge is 0.360 e. The maximum absolute atomic E-state index is 12.8. The fourth-order valence-corrected chi connectivity index (χ4v) is 3.64. The Balaban J connectivity index is 1.70. The van der Waals surface area contributed by atoms with Gasteiger partial charge in [-0.2, -0.15) is 0 Å². The van der Waals surface area contributed by atoms with E-state index in [1.807, 2.05) is 32.6 Å². The number of carbonyl (C=O) groups excluding carboxylic acids is 1. The van der Waals surface area contributed by atoms with Gasteiger partial charge in [-0.05, 0) is 13.8 Å². The molecule has 1 amide bonds. The molecule has 0 bridgehead atoms. The van der Waals surface area contributed by atoms with Crippen molar-refractivity contribution in [2.45, 2.75) is 33.6 Å². The molecule has 2 aromatic rings. The summed E-state index contributed by atoms with van der Waals surface area (Å²) in [7, 11) is 0. The highest BCUT2D eigenvalue weighted by molar-refractivity contribution is 7.13. The molecule has 1 saturated heterocycles. The third kappa shape index (κ3) is 3.10. The summed E-state index contributed by atoms with van der Waals surface area (Å²) in [4.78, 5) is 21.5. The van der Waals surface area contributed by atoms with Crippen LogP contribution in [0.15, 0.2) is 9.90 Å². The van der Waals surface area contributed by atoms with Crippen LogP contribution in [-0.2, 0) is 0 Å². The van der Waals surface area contributed by atoms with Gasteiger partial charge in [0.1, 0.15) is 5.56 Å². The summed E-state index contributed by atoms with van der Waals surface area (Å²) < 4.78 is 5.35. The zero-order valence-corrected chi connectivity index (χ0v) is 14.8. The zero-order chi connectivity index (χ0) is 16.6. The summed E-state index contributed by atoms with van der Waals surface area (Å²) in [5, 5.41) is 7.08. The quantitative estimate of drug-likeness (QED) is 0.864. The number of piperazine rings is 1. The molecule has 6 nitrogen and oxygen atoms in total. The van der Waals surface area contributed by atoms with E-state index in [1.165, 1.54) is 0 Å². The Bertz CT molecular complexity index is 699. The van der Waals surface area contributed by atoms with Crippen LogP contribution in [0.4, 0.5) is 5.13 Å². The van der Waals surface area contributed by atoms with Crippen molar-refractivity contribution in [2.24, 2.45) is 0 Å². The van der Waals surface area contributed by atoms with Crippen LogP contribution in [0.25, 0.3) is 0 Å². The zero-order valence-electron chi connectivity index (χ0n) is 14.0. The average molecular weight is 334 g/mol. The normalized spacial score (nSPS) is 15.5. The highest BCUT2D eigenvalue weighted by atomic mass is 32.1. The molecule has 0 atom stereocenters. The smallest absolute Gasteiger partial charge is 0.259 e. The first kappa shape index (κ1) is 16.0. The number of amides is 1. The van der Waals surface area contributed by atoms with Crippen molar-refractivity contribution in [3.63, 3.8) is 0 Å². The molecule has 2 aromatic heterocycles. The van der Waals surface area contributed by atoms with Crippen molar-refractivity contribution in [3.05, 3.63) is 28.1 Å². The molecule has 124 valence electrons. The Labute approximate surface area is 140 Å². The number of hydrogen-bond acceptors (Lipinski definition) is 6. The topological polar surface area (TPSA) is 62.5 Å². The van der Waals surface area contributed by atoms with Crippen molar-refractivity contribution < 1.29 is 9.32 Å². The third-order valence-corrected chi connectivity index (χ3v) is 5.09. The summed E-state index contributed by atoms with van der Waals surface area (Å²) >= 11 is 1.66. The molecule has 1 aliphatic heterocycles. The lowest BCUT2D eigenvalue weighted by Gasteiger charge is -2.34. The number of carbonyl (C=O) groups is 1. The first-order chi connectivity index (χ1) is 11.0. The minimum Gasteiger partial charge on any atom is -0.360 e. The molecule has 1 aliphatic rings. The third-order valence-electron chi connectivity index (χ3n) is 4.07. The molecule has 3 heterocycles. The second-order valence-electron chi connectivity index (χ2n) is 6.21. The van der Waals surface area contributed by atoms with Crippen LogP contribution in [0.5, 0.6) is 0 Å². The van der Waals surface area contributed by atoms with Crippen LogP contribution in [0.3, 0.4) is 0 Å². The first-order valence-corrected chi connectivity index (χ1v) is 8.78. The molecule has 0 unspecified atom stereocenters. The van der Waals surface area contributed by atoms with Gasteiger partial charge >= 0.3 is 0 Å². The minimum absolute atomic E-state index is 0.0300. The van der Waals surface area contributed by atoms with Gasteiger partial charge in [0.15, 0.2) is 10.9 Å². The number of nitrogens with zero attached hydrogens (tertiary/aromatic N) is 4. The van der Waals surface area contributed by atoms with Crippen molar-refractivity contribution in [2.75, 3.05) is 31.1 Å². The molecular weight excluding hydrogens is 312 g/mol. The van der Waals surface area contributed by atoms with Gasteiger partial charge in [0.2, 0.25) is 0 Å². The first-order valence-electron chi connectivity index (χ1n) is 7.90. The molecule has 0 radical (unpaired) electrons. The van der Waals surface area contributed by atoms with Crippen LogP contribution >= 0.6 is 11.3 Å². The maximum Gasteiger partial charge on any atom is 0.259 e. The average Bonchev–Trinajstić information content (AvgIpc) is 3.13. The SMILES string of the molecule is Cc1csc(N2CCN(C(=O)c3c(C)noc3C(C)C)CC2)n1. The minimum atomic E-state index is 0.0300. The fraction of sp³-hybridized carbons (Fsp3) is 0.562. The number of anilines is 1. The molecule has 3 rings (SSSR count). The molecule has 0 N–H and O–H groups in total. The van der Waals surface area contributed by atoms with E-state index in [0.29, 0.717) is 30.1 Å². The van der Waals surface area contributed by atoms with E-state index >= 15 is 0 Å². The lowest BCUT2D eigenvalue weighted by Crippen LogP contribution is -2.49. The summed E-state index contributed by atoms with van der Waals surface area (Å²) in [6.45, 7) is 10.9. The summed E-state index contributed by atoms with van der Waals surface area (Å²) in [5.74, 6) is 0.864. The highest BCUT2D eigenvalue weighted by Crippen LogP contribution is 2.25. The van der Waals surface area contributed by atoms with Crippen LogP contribution in [0.1, 0.15) is 47.3 Å². The highest BCUT2D eigenvalue weighted by Gasteiger charge is 2.29. The van der Waals surface area contributed by atoms with Crippen molar-refractivity contribution in [3.8, 4) is 0 Å². The molecule has 0 aromatic carbocycles. The van der Waals surface area contributed by atoms with E-state index in [-0.39, 0.29) is 11.8 Å². The van der Waals surface area contributed by atoms with E-state index < -0.39 is 0 Å². The van der Waals surface area contributed by atoms with Gasteiger partial charge in [0.05, 0.1) is 11.4 Å². The Hall–Kier alpha value is -1.89. The van der Waals surface area contributed by atoms with Gasteiger partial charge in [-0.3, -0.25) is 4.79 Å². The van der Waals surface area contributed by atoms with Crippen LogP contribution in [-0.4, -0.2) is 47.1 Å². The summed E-state index contributed by atoms with van der Waals surface area (Å²) in [6, 6.07) is 0. The van der Waals surface area contributed by atoms with Crippen LogP contribution < -0.4 is 4.90 Å². The molecule has 23 heavy (non-hydrogen) atoms. The molecule has 0 spiro atoms. The van der Waals surface area contributed by atoms with E-state index in [9.17, 15) is 4.79 Å². The van der Waals surface area contributed by atoms with Crippen molar-refractivity contribution in [1.29, 1.82) is 0 Å². The molecular formula is C16H22N4O2S. The Morgan fingerprint density at radius 1 is 1.26 bits per heavy atom. The van der Waals surface area contributed by atoms with Crippen molar-refractivity contribution >= 4 is 22.4 Å². The number of aromatic nitrogens is 2. The predicted octanol–water partition coefficient (Wildman–Crippen LogP) is 2.83. The van der Waals surface area contributed by atoms with Gasteiger partial charge in [-0.25, -0.2) is 4.98 Å². The molecule has 0 aliphatic carbocycles. The van der Waals surface area contributed by atoms with E-state index in [0.717, 1.165) is 23.9 Å². The summed E-state index contributed by atoms with van der Waals surface area (Å²) in [5.41, 5.74) is 2.36. The van der Waals surface area contributed by atoms with Crippen LogP contribution in [0, 0.1) is 13.8 Å². The fourth-order valence-electron chi connectivity index (χ4n) is 2.79. The second kappa shape index (κ2) is 6.31. The molecule has 0 saturated carbocycles. The van der Waals surface area contributed by atoms with Gasteiger partial charge < -0.3 is 14.3 Å². The Morgan fingerprint density at radius 2 is 1.96 bits per heavy atom. The Morgan fingerprint density at radius 3 is 2.52 bits per heavy atom. The number of aryl methyl sites for hydroxylation is 2. The monoisotopic (exact) mass is 334 g/mol. The second-order valence-corrected chi connectivity index (χ2v) is 7.05. The molecule has 1 fully saturated rings. The van der Waals surface area contributed by atoms with Gasteiger partial charge in [0, 0.05) is 37.5 Å². The number of hydrogen-bond donors (Lipinski definition) is 0. The predicted molar refractivity (Wildman–Crippen MR) is 90.3 cm³/mol.